The zero-order valence-electron chi connectivity index (χ0n) is 14.8. The van der Waals surface area contributed by atoms with Gasteiger partial charge in [0.05, 0.1) is 17.5 Å². The summed E-state index contributed by atoms with van der Waals surface area (Å²) in [4.78, 5) is 20.5. The second-order valence-corrected chi connectivity index (χ2v) is 6.01. The Bertz CT molecular complexity index is 925. The normalized spacial score (nSPS) is 11.2. The van der Waals surface area contributed by atoms with Crippen molar-refractivity contribution in [1.29, 1.82) is 0 Å². The molecule has 9 heteroatoms. The predicted molar refractivity (Wildman–Crippen MR) is 98.1 cm³/mol. The lowest BCUT2D eigenvalue weighted by Gasteiger charge is -2.13. The summed E-state index contributed by atoms with van der Waals surface area (Å²) in [7, 11) is 0. The molecule has 2 N–H and O–H groups in total. The van der Waals surface area contributed by atoms with Gasteiger partial charge in [-0.25, -0.2) is 9.97 Å². The minimum atomic E-state index is -4.45. The summed E-state index contributed by atoms with van der Waals surface area (Å²) in [6.07, 6.45) is 2.93. The Kier molecular flexibility index (Phi) is 5.93. The number of imidazole rings is 1. The number of nitrogens with one attached hydrogen (secondary N) is 2. The van der Waals surface area contributed by atoms with Crippen molar-refractivity contribution in [3.05, 3.63) is 72.4 Å². The average molecular weight is 389 g/mol. The van der Waals surface area contributed by atoms with E-state index in [1.54, 1.807) is 24.7 Å². The van der Waals surface area contributed by atoms with E-state index in [4.69, 9.17) is 0 Å². The number of carbonyl (C=O) groups is 1. The average Bonchev–Trinajstić information content (AvgIpc) is 3.18. The minimum Gasteiger partial charge on any atom is -0.352 e. The number of pyridine rings is 1. The van der Waals surface area contributed by atoms with Gasteiger partial charge in [0, 0.05) is 37.4 Å². The SMILES string of the molecule is O=C(NCCCn1ccnc1)c1cccnc1Nc1cccc(C(F)(F)F)c1. The number of aromatic nitrogens is 3. The van der Waals surface area contributed by atoms with Crippen LogP contribution < -0.4 is 10.6 Å². The number of benzene rings is 1. The van der Waals surface area contributed by atoms with Crippen LogP contribution in [0.2, 0.25) is 0 Å². The molecule has 0 saturated heterocycles. The molecule has 6 nitrogen and oxygen atoms in total. The molecule has 3 aromatic rings. The van der Waals surface area contributed by atoms with Gasteiger partial charge in [0.15, 0.2) is 0 Å². The molecular weight excluding hydrogens is 371 g/mol. The van der Waals surface area contributed by atoms with E-state index in [2.05, 4.69) is 20.6 Å². The molecule has 0 bridgehead atoms. The zero-order chi connectivity index (χ0) is 20.0. The highest BCUT2D eigenvalue weighted by Crippen LogP contribution is 2.31. The van der Waals surface area contributed by atoms with Gasteiger partial charge in [0.1, 0.15) is 5.82 Å². The molecule has 146 valence electrons. The van der Waals surface area contributed by atoms with Gasteiger partial charge < -0.3 is 15.2 Å². The Morgan fingerprint density at radius 2 is 2.00 bits per heavy atom. The summed E-state index contributed by atoms with van der Waals surface area (Å²) in [5.41, 5.74) is -0.329. The van der Waals surface area contributed by atoms with Gasteiger partial charge >= 0.3 is 6.18 Å². The molecule has 0 unspecified atom stereocenters. The monoisotopic (exact) mass is 389 g/mol. The van der Waals surface area contributed by atoms with Crippen molar-refractivity contribution < 1.29 is 18.0 Å². The molecule has 0 saturated carbocycles. The van der Waals surface area contributed by atoms with Crippen LogP contribution >= 0.6 is 0 Å². The van der Waals surface area contributed by atoms with Crippen LogP contribution in [0.25, 0.3) is 0 Å². The summed E-state index contributed by atoms with van der Waals surface area (Å²) < 4.78 is 40.5. The van der Waals surface area contributed by atoms with E-state index in [9.17, 15) is 18.0 Å². The van der Waals surface area contributed by atoms with Crippen molar-refractivity contribution in [3.63, 3.8) is 0 Å². The molecule has 0 fully saturated rings. The Morgan fingerprint density at radius 1 is 1.14 bits per heavy atom. The van der Waals surface area contributed by atoms with Crippen molar-refractivity contribution >= 4 is 17.4 Å². The number of rotatable bonds is 7. The number of hydrogen-bond acceptors (Lipinski definition) is 4. The standard InChI is InChI=1S/C19H18F3N5O/c20-19(21,22)14-4-1-5-15(12-14)26-17-16(6-2-7-24-17)18(28)25-8-3-10-27-11-9-23-13-27/h1-2,4-7,9,11-13H,3,8,10H2,(H,24,26)(H,25,28). The van der Waals surface area contributed by atoms with Crippen LogP contribution in [-0.4, -0.2) is 27.0 Å². The fourth-order valence-corrected chi connectivity index (χ4v) is 2.58. The lowest BCUT2D eigenvalue weighted by atomic mass is 10.2. The van der Waals surface area contributed by atoms with Gasteiger partial charge in [-0.15, -0.1) is 0 Å². The third-order valence-corrected chi connectivity index (χ3v) is 3.94. The Morgan fingerprint density at radius 3 is 2.75 bits per heavy atom. The number of hydrogen-bond donors (Lipinski definition) is 2. The van der Waals surface area contributed by atoms with E-state index in [1.165, 1.54) is 18.3 Å². The molecule has 0 atom stereocenters. The third kappa shape index (κ3) is 5.09. The highest BCUT2D eigenvalue weighted by molar-refractivity contribution is 5.99. The molecule has 0 aliphatic heterocycles. The van der Waals surface area contributed by atoms with Crippen molar-refractivity contribution in [2.24, 2.45) is 0 Å². The first-order chi connectivity index (χ1) is 13.4. The summed E-state index contributed by atoms with van der Waals surface area (Å²) >= 11 is 0. The van der Waals surface area contributed by atoms with E-state index >= 15 is 0 Å². The van der Waals surface area contributed by atoms with Gasteiger partial charge in [-0.2, -0.15) is 13.2 Å². The molecule has 2 aromatic heterocycles. The number of nitrogens with zero attached hydrogens (tertiary/aromatic N) is 3. The van der Waals surface area contributed by atoms with Crippen LogP contribution in [0.4, 0.5) is 24.7 Å². The second-order valence-electron chi connectivity index (χ2n) is 6.01. The molecule has 1 aromatic carbocycles. The Hall–Kier alpha value is -3.36. The first-order valence-corrected chi connectivity index (χ1v) is 8.57. The smallest absolute Gasteiger partial charge is 0.352 e. The lowest BCUT2D eigenvalue weighted by Crippen LogP contribution is -2.26. The van der Waals surface area contributed by atoms with Crippen molar-refractivity contribution in [2.45, 2.75) is 19.1 Å². The van der Waals surface area contributed by atoms with Crippen LogP contribution in [0.15, 0.2) is 61.3 Å². The maximum absolute atomic E-state index is 12.9. The molecule has 0 aliphatic carbocycles. The number of anilines is 2. The van der Waals surface area contributed by atoms with Gasteiger partial charge in [0.25, 0.3) is 5.91 Å². The highest BCUT2D eigenvalue weighted by atomic mass is 19.4. The molecule has 3 rings (SSSR count). The number of amides is 1. The fraction of sp³-hybridized carbons (Fsp3) is 0.211. The van der Waals surface area contributed by atoms with Crippen LogP contribution in [0, 0.1) is 0 Å². The third-order valence-electron chi connectivity index (χ3n) is 3.94. The van der Waals surface area contributed by atoms with Gasteiger partial charge in [-0.1, -0.05) is 6.07 Å². The van der Waals surface area contributed by atoms with Crippen LogP contribution in [0.3, 0.4) is 0 Å². The van der Waals surface area contributed by atoms with Crippen LogP contribution in [0.1, 0.15) is 22.3 Å². The molecule has 0 aliphatic rings. The number of carbonyl (C=O) groups excluding carboxylic acids is 1. The summed E-state index contributed by atoms with van der Waals surface area (Å²) in [5.74, 6) is -0.165. The van der Waals surface area contributed by atoms with Crippen molar-refractivity contribution in [3.8, 4) is 0 Å². The first-order valence-electron chi connectivity index (χ1n) is 8.57. The molecular formula is C19H18F3N5O. The summed E-state index contributed by atoms with van der Waals surface area (Å²) in [6, 6.07) is 7.89. The molecule has 0 spiro atoms. The molecule has 28 heavy (non-hydrogen) atoms. The predicted octanol–water partition coefficient (Wildman–Crippen LogP) is 3.86. The number of aryl methyl sites for hydroxylation is 1. The number of alkyl halides is 3. The lowest BCUT2D eigenvalue weighted by molar-refractivity contribution is -0.137. The maximum Gasteiger partial charge on any atom is 0.416 e. The quantitative estimate of drug-likeness (QED) is 0.602. The van der Waals surface area contributed by atoms with Crippen LogP contribution in [0.5, 0.6) is 0 Å². The van der Waals surface area contributed by atoms with E-state index in [0.717, 1.165) is 12.1 Å². The highest BCUT2D eigenvalue weighted by Gasteiger charge is 2.30. The Labute approximate surface area is 159 Å². The van der Waals surface area contributed by atoms with E-state index in [1.807, 2.05) is 10.8 Å². The van der Waals surface area contributed by atoms with Crippen molar-refractivity contribution in [1.82, 2.24) is 19.9 Å². The Balaban J connectivity index is 1.64. The van der Waals surface area contributed by atoms with E-state index < -0.39 is 11.7 Å². The molecule has 1 amide bonds. The topological polar surface area (TPSA) is 71.8 Å². The summed E-state index contributed by atoms with van der Waals surface area (Å²) in [5, 5.41) is 5.58. The largest absolute Gasteiger partial charge is 0.416 e. The fourth-order valence-electron chi connectivity index (χ4n) is 2.58. The van der Waals surface area contributed by atoms with Crippen molar-refractivity contribution in [2.75, 3.05) is 11.9 Å². The van der Waals surface area contributed by atoms with E-state index in [-0.39, 0.29) is 23.0 Å². The van der Waals surface area contributed by atoms with E-state index in [0.29, 0.717) is 19.5 Å². The second kappa shape index (κ2) is 8.55. The molecule has 0 radical (unpaired) electrons. The first kappa shape index (κ1) is 19.4. The van der Waals surface area contributed by atoms with Gasteiger partial charge in [-0.3, -0.25) is 4.79 Å². The minimum absolute atomic E-state index is 0.189. The summed E-state index contributed by atoms with van der Waals surface area (Å²) in [6.45, 7) is 1.15. The molecule has 2 heterocycles. The van der Waals surface area contributed by atoms with Gasteiger partial charge in [0.2, 0.25) is 0 Å². The zero-order valence-corrected chi connectivity index (χ0v) is 14.8. The maximum atomic E-state index is 12.9. The van der Waals surface area contributed by atoms with Gasteiger partial charge in [-0.05, 0) is 36.8 Å². The number of halogens is 3. The van der Waals surface area contributed by atoms with Crippen LogP contribution in [-0.2, 0) is 12.7 Å².